The lowest BCUT2D eigenvalue weighted by Gasteiger charge is -2.07. The average Bonchev–Trinajstić information content (AvgIpc) is 3.51. The lowest BCUT2D eigenvalue weighted by molar-refractivity contribution is 0.0841. The molecule has 0 unspecified atom stereocenters. The number of hydrazine groups is 1. The number of hydrogen-bond acceptors (Lipinski definition) is 5. The zero-order valence-corrected chi connectivity index (χ0v) is 13.3. The summed E-state index contributed by atoms with van der Waals surface area (Å²) < 4.78 is 0. The van der Waals surface area contributed by atoms with Gasteiger partial charge in [0.15, 0.2) is 0 Å². The fourth-order valence-electron chi connectivity index (χ4n) is 2.47. The monoisotopic (exact) mass is 333 g/mol. The van der Waals surface area contributed by atoms with Gasteiger partial charge in [-0.25, -0.2) is 15.0 Å². The maximum atomic E-state index is 12.2. The highest BCUT2D eigenvalue weighted by Gasteiger charge is 2.27. The highest BCUT2D eigenvalue weighted by Crippen LogP contribution is 2.37. The molecule has 1 aromatic carbocycles. The van der Waals surface area contributed by atoms with Crippen molar-refractivity contribution in [3.05, 3.63) is 65.9 Å². The molecule has 1 aliphatic carbocycles. The number of carbonyl (C=O) groups is 2. The first-order valence-corrected chi connectivity index (χ1v) is 8.00. The smallest absolute Gasteiger partial charge is 0.266 e. The van der Waals surface area contributed by atoms with Crippen molar-refractivity contribution in [2.75, 3.05) is 0 Å². The third-order valence-electron chi connectivity index (χ3n) is 3.97. The lowest BCUT2D eigenvalue weighted by Crippen LogP contribution is -2.42. The lowest BCUT2D eigenvalue weighted by atomic mass is 10.2. The van der Waals surface area contributed by atoms with Gasteiger partial charge in [-0.1, -0.05) is 24.3 Å². The minimum absolute atomic E-state index is 0.223. The Morgan fingerprint density at radius 1 is 0.880 bits per heavy atom. The predicted octanol–water partition coefficient (Wildman–Crippen LogP) is 1.98. The quantitative estimate of drug-likeness (QED) is 0.714. The first kappa shape index (κ1) is 15.2. The maximum absolute atomic E-state index is 12.2. The summed E-state index contributed by atoms with van der Waals surface area (Å²) in [6.45, 7) is 0. The largest absolute Gasteiger partial charge is 0.288 e. The molecule has 0 bridgehead atoms. The zero-order valence-electron chi connectivity index (χ0n) is 13.3. The number of rotatable bonds is 3. The first-order valence-electron chi connectivity index (χ1n) is 8.00. The van der Waals surface area contributed by atoms with Crippen LogP contribution in [0.25, 0.3) is 10.9 Å². The van der Waals surface area contributed by atoms with Crippen molar-refractivity contribution >= 4 is 22.7 Å². The van der Waals surface area contributed by atoms with Crippen molar-refractivity contribution in [1.82, 2.24) is 25.8 Å². The molecule has 7 heteroatoms. The zero-order chi connectivity index (χ0) is 17.2. The molecular weight excluding hydrogens is 318 g/mol. The van der Waals surface area contributed by atoms with Crippen LogP contribution in [-0.4, -0.2) is 26.8 Å². The van der Waals surface area contributed by atoms with Gasteiger partial charge in [-0.05, 0) is 31.0 Å². The molecule has 124 valence electrons. The Kier molecular flexibility index (Phi) is 3.81. The van der Waals surface area contributed by atoms with Gasteiger partial charge in [0.2, 0.25) is 0 Å². The van der Waals surface area contributed by atoms with E-state index < -0.39 is 11.8 Å². The first-order chi connectivity index (χ1) is 12.2. The molecule has 0 spiro atoms. The Morgan fingerprint density at radius 3 is 2.36 bits per heavy atom. The number of fused-ring (bicyclic) bond motifs is 1. The molecule has 0 radical (unpaired) electrons. The molecule has 4 rings (SSSR count). The number of aromatic nitrogens is 3. The molecular formula is C18H15N5O2. The number of para-hydroxylation sites is 1. The molecule has 2 N–H and O–H groups in total. The summed E-state index contributed by atoms with van der Waals surface area (Å²) in [6.07, 6.45) is 3.66. The summed E-state index contributed by atoms with van der Waals surface area (Å²) >= 11 is 0. The minimum Gasteiger partial charge on any atom is -0.266 e. The highest BCUT2D eigenvalue weighted by atomic mass is 16.2. The number of pyridine rings is 1. The van der Waals surface area contributed by atoms with Crippen LogP contribution in [0.2, 0.25) is 0 Å². The second kappa shape index (κ2) is 6.27. The second-order valence-electron chi connectivity index (χ2n) is 5.87. The van der Waals surface area contributed by atoms with Crippen molar-refractivity contribution in [1.29, 1.82) is 0 Å². The van der Waals surface area contributed by atoms with Crippen LogP contribution < -0.4 is 10.9 Å². The van der Waals surface area contributed by atoms with E-state index in [1.54, 1.807) is 12.3 Å². The van der Waals surface area contributed by atoms with Gasteiger partial charge in [0.05, 0.1) is 5.52 Å². The highest BCUT2D eigenvalue weighted by molar-refractivity contribution is 5.98. The van der Waals surface area contributed by atoms with Crippen molar-refractivity contribution in [3.63, 3.8) is 0 Å². The van der Waals surface area contributed by atoms with E-state index in [4.69, 9.17) is 0 Å². The fraction of sp³-hybridized carbons (Fsp3) is 0.167. The van der Waals surface area contributed by atoms with Gasteiger partial charge < -0.3 is 0 Å². The number of nitrogens with one attached hydrogen (secondary N) is 2. The summed E-state index contributed by atoms with van der Waals surface area (Å²) in [6, 6.07) is 12.4. The summed E-state index contributed by atoms with van der Waals surface area (Å²) in [7, 11) is 0. The molecule has 2 heterocycles. The summed E-state index contributed by atoms with van der Waals surface area (Å²) in [5, 5.41) is 0.941. The maximum Gasteiger partial charge on any atom is 0.288 e. The van der Waals surface area contributed by atoms with Gasteiger partial charge in [0.1, 0.15) is 17.2 Å². The molecule has 0 atom stereocenters. The number of benzene rings is 1. The number of nitrogens with zero attached hydrogens (tertiary/aromatic N) is 3. The van der Waals surface area contributed by atoms with Crippen LogP contribution in [0.15, 0.2) is 48.7 Å². The van der Waals surface area contributed by atoms with Crippen LogP contribution >= 0.6 is 0 Å². The standard InChI is InChI=1S/C18H15N5O2/c24-17(14-8-7-11-3-1-2-4-13(11)20-14)22-23-18(25)15-9-10-19-16(21-15)12-5-6-12/h1-4,7-10,12H,5-6H2,(H,22,24)(H,23,25). The fourth-order valence-corrected chi connectivity index (χ4v) is 2.47. The Balaban J connectivity index is 1.43. The minimum atomic E-state index is -0.490. The molecule has 0 saturated heterocycles. The van der Waals surface area contributed by atoms with E-state index in [0.717, 1.165) is 18.2 Å². The molecule has 2 aromatic heterocycles. The third kappa shape index (κ3) is 3.30. The molecule has 1 aliphatic rings. The number of amides is 2. The van der Waals surface area contributed by atoms with Crippen LogP contribution in [0.1, 0.15) is 45.6 Å². The van der Waals surface area contributed by atoms with Crippen LogP contribution in [0, 0.1) is 0 Å². The third-order valence-corrected chi connectivity index (χ3v) is 3.97. The van der Waals surface area contributed by atoms with E-state index in [9.17, 15) is 9.59 Å². The molecule has 3 aromatic rings. The summed E-state index contributed by atoms with van der Waals surface area (Å²) in [4.78, 5) is 37.0. The molecule has 0 aliphatic heterocycles. The van der Waals surface area contributed by atoms with E-state index in [2.05, 4.69) is 25.8 Å². The number of carbonyl (C=O) groups excluding carboxylic acids is 2. The van der Waals surface area contributed by atoms with Gasteiger partial charge in [-0.3, -0.25) is 20.4 Å². The van der Waals surface area contributed by atoms with Crippen molar-refractivity contribution in [3.8, 4) is 0 Å². The van der Waals surface area contributed by atoms with Crippen molar-refractivity contribution in [2.45, 2.75) is 18.8 Å². The Bertz CT molecular complexity index is 968. The van der Waals surface area contributed by atoms with E-state index in [1.807, 2.05) is 30.3 Å². The molecule has 1 fully saturated rings. The van der Waals surface area contributed by atoms with Gasteiger partial charge in [-0.2, -0.15) is 0 Å². The van der Waals surface area contributed by atoms with Gasteiger partial charge in [0.25, 0.3) is 11.8 Å². The molecule has 7 nitrogen and oxygen atoms in total. The van der Waals surface area contributed by atoms with Crippen LogP contribution in [-0.2, 0) is 0 Å². The van der Waals surface area contributed by atoms with E-state index in [0.29, 0.717) is 17.3 Å². The van der Waals surface area contributed by atoms with Gasteiger partial charge >= 0.3 is 0 Å². The molecule has 2 amide bonds. The van der Waals surface area contributed by atoms with Crippen LogP contribution in [0.5, 0.6) is 0 Å². The Labute approximate surface area is 143 Å². The van der Waals surface area contributed by atoms with Gasteiger partial charge in [0, 0.05) is 17.5 Å². The summed E-state index contributed by atoms with van der Waals surface area (Å²) in [5.41, 5.74) is 5.89. The van der Waals surface area contributed by atoms with Crippen molar-refractivity contribution < 1.29 is 9.59 Å². The summed E-state index contributed by atoms with van der Waals surface area (Å²) in [5.74, 6) is 0.0494. The van der Waals surface area contributed by atoms with E-state index in [1.165, 1.54) is 6.07 Å². The normalized spacial score (nSPS) is 13.4. The van der Waals surface area contributed by atoms with E-state index >= 15 is 0 Å². The molecule has 25 heavy (non-hydrogen) atoms. The van der Waals surface area contributed by atoms with E-state index in [-0.39, 0.29) is 11.4 Å². The second-order valence-corrected chi connectivity index (χ2v) is 5.87. The molecule has 1 saturated carbocycles. The van der Waals surface area contributed by atoms with Crippen LogP contribution in [0.4, 0.5) is 0 Å². The van der Waals surface area contributed by atoms with Crippen molar-refractivity contribution in [2.24, 2.45) is 0 Å². The number of hydrogen-bond donors (Lipinski definition) is 2. The predicted molar refractivity (Wildman–Crippen MR) is 90.7 cm³/mol. The Hall–Kier alpha value is -3.35. The van der Waals surface area contributed by atoms with Crippen LogP contribution in [0.3, 0.4) is 0 Å². The Morgan fingerprint density at radius 2 is 1.60 bits per heavy atom. The van der Waals surface area contributed by atoms with Gasteiger partial charge in [-0.15, -0.1) is 0 Å². The topological polar surface area (TPSA) is 96.9 Å². The SMILES string of the molecule is O=C(NNC(=O)c1ccc2ccccc2n1)c1ccnc(C2CC2)n1. The average molecular weight is 333 g/mol.